The number of carboxylic acid groups (broad SMARTS) is 1. The van der Waals surface area contributed by atoms with Crippen LogP contribution < -0.4 is 11.1 Å². The van der Waals surface area contributed by atoms with E-state index in [4.69, 9.17) is 10.8 Å². The molecule has 4 N–H and O–H groups in total. The maximum atomic E-state index is 10.8. The first-order chi connectivity index (χ1) is 6.75. The first-order valence-electron chi connectivity index (χ1n) is 4.52. The molecule has 1 aromatic carbocycles. The summed E-state index contributed by atoms with van der Waals surface area (Å²) in [6.07, 6.45) is 0.827. The Morgan fingerprint density at radius 3 is 2.67 bits per heavy atom. The van der Waals surface area contributed by atoms with Crippen LogP contribution in [0.2, 0.25) is 0 Å². The van der Waals surface area contributed by atoms with Crippen molar-refractivity contribution in [1.29, 1.82) is 0 Å². The second-order valence-corrected chi connectivity index (χ2v) is 2.92. The monoisotopic (exact) mass is 230 g/mol. The van der Waals surface area contributed by atoms with Gasteiger partial charge in [0.2, 0.25) is 0 Å². The average Bonchev–Trinajstić information content (AvgIpc) is 2.19. The third-order valence-corrected chi connectivity index (χ3v) is 1.85. The van der Waals surface area contributed by atoms with Crippen molar-refractivity contribution in [2.75, 3.05) is 18.4 Å². The fourth-order valence-corrected chi connectivity index (χ4v) is 1.15. The quantitative estimate of drug-likeness (QED) is 0.672. The second kappa shape index (κ2) is 7.09. The van der Waals surface area contributed by atoms with Crippen LogP contribution in [0.3, 0.4) is 0 Å². The topological polar surface area (TPSA) is 75.3 Å². The average molecular weight is 231 g/mol. The Morgan fingerprint density at radius 2 is 2.07 bits per heavy atom. The lowest BCUT2D eigenvalue weighted by atomic mass is 10.2. The first-order valence-corrected chi connectivity index (χ1v) is 4.52. The fourth-order valence-electron chi connectivity index (χ4n) is 1.15. The van der Waals surface area contributed by atoms with E-state index in [9.17, 15) is 4.79 Å². The van der Waals surface area contributed by atoms with Gasteiger partial charge in [-0.05, 0) is 25.1 Å². The van der Waals surface area contributed by atoms with E-state index in [-0.39, 0.29) is 12.4 Å². The first kappa shape index (κ1) is 13.7. The predicted octanol–water partition coefficient (Wildman–Crippen LogP) is 1.57. The van der Waals surface area contributed by atoms with Crippen LogP contribution >= 0.6 is 12.4 Å². The highest BCUT2D eigenvalue weighted by Crippen LogP contribution is 2.14. The summed E-state index contributed by atoms with van der Waals surface area (Å²) >= 11 is 0. The van der Waals surface area contributed by atoms with Crippen LogP contribution in [0.25, 0.3) is 0 Å². The van der Waals surface area contributed by atoms with E-state index in [1.54, 1.807) is 24.3 Å². The molecule has 0 saturated heterocycles. The molecule has 1 rings (SSSR count). The van der Waals surface area contributed by atoms with Crippen molar-refractivity contribution >= 4 is 24.1 Å². The second-order valence-electron chi connectivity index (χ2n) is 2.92. The smallest absolute Gasteiger partial charge is 0.337 e. The maximum absolute atomic E-state index is 10.8. The Kier molecular flexibility index (Phi) is 6.49. The normalized spacial score (nSPS) is 9.13. The number of carboxylic acids is 1. The highest BCUT2D eigenvalue weighted by Gasteiger charge is 2.07. The van der Waals surface area contributed by atoms with E-state index in [1.165, 1.54) is 0 Å². The van der Waals surface area contributed by atoms with Gasteiger partial charge in [0, 0.05) is 12.2 Å². The van der Waals surface area contributed by atoms with E-state index < -0.39 is 5.97 Å². The molecule has 15 heavy (non-hydrogen) atoms. The number of hydrogen-bond donors (Lipinski definition) is 3. The number of para-hydroxylation sites is 1. The minimum absolute atomic E-state index is 0. The Hall–Kier alpha value is -1.26. The van der Waals surface area contributed by atoms with Gasteiger partial charge in [-0.1, -0.05) is 12.1 Å². The van der Waals surface area contributed by atoms with E-state index in [0.29, 0.717) is 24.3 Å². The number of halogens is 1. The van der Waals surface area contributed by atoms with Crippen molar-refractivity contribution in [2.24, 2.45) is 5.73 Å². The molecule has 0 aromatic heterocycles. The Labute approximate surface area is 94.9 Å². The predicted molar refractivity (Wildman–Crippen MR) is 62.8 cm³/mol. The zero-order chi connectivity index (χ0) is 10.4. The van der Waals surface area contributed by atoms with Crippen LogP contribution in [-0.4, -0.2) is 24.2 Å². The molecule has 0 saturated carbocycles. The van der Waals surface area contributed by atoms with Crippen molar-refractivity contribution in [2.45, 2.75) is 6.42 Å². The summed E-state index contributed by atoms with van der Waals surface area (Å²) in [7, 11) is 0. The highest BCUT2D eigenvalue weighted by atomic mass is 35.5. The molecule has 0 amide bonds. The number of carbonyl (C=O) groups is 1. The number of nitrogens with two attached hydrogens (primary N) is 1. The van der Waals surface area contributed by atoms with E-state index in [0.717, 1.165) is 6.42 Å². The van der Waals surface area contributed by atoms with Gasteiger partial charge in [-0.3, -0.25) is 0 Å². The highest BCUT2D eigenvalue weighted by molar-refractivity contribution is 5.94. The lowest BCUT2D eigenvalue weighted by Crippen LogP contribution is -2.11. The molecule has 0 aliphatic carbocycles. The molecule has 5 heteroatoms. The van der Waals surface area contributed by atoms with Gasteiger partial charge in [-0.25, -0.2) is 4.79 Å². The molecular weight excluding hydrogens is 216 g/mol. The minimum atomic E-state index is -0.916. The summed E-state index contributed by atoms with van der Waals surface area (Å²) in [5.74, 6) is -0.916. The van der Waals surface area contributed by atoms with E-state index in [1.807, 2.05) is 0 Å². The molecule has 0 aliphatic rings. The zero-order valence-electron chi connectivity index (χ0n) is 8.27. The van der Waals surface area contributed by atoms with Gasteiger partial charge >= 0.3 is 5.97 Å². The zero-order valence-corrected chi connectivity index (χ0v) is 9.09. The number of rotatable bonds is 5. The van der Waals surface area contributed by atoms with Crippen molar-refractivity contribution < 1.29 is 9.90 Å². The van der Waals surface area contributed by atoms with Crippen LogP contribution in [0, 0.1) is 0 Å². The molecule has 0 atom stereocenters. The SMILES string of the molecule is Cl.NCCCNc1ccccc1C(=O)O. The number of aromatic carboxylic acids is 1. The van der Waals surface area contributed by atoms with Crippen molar-refractivity contribution in [3.63, 3.8) is 0 Å². The van der Waals surface area contributed by atoms with Crippen molar-refractivity contribution in [3.8, 4) is 0 Å². The van der Waals surface area contributed by atoms with Gasteiger partial charge in [0.25, 0.3) is 0 Å². The molecular formula is C10H15ClN2O2. The number of anilines is 1. The molecule has 0 fully saturated rings. The minimum Gasteiger partial charge on any atom is -0.478 e. The summed E-state index contributed by atoms with van der Waals surface area (Å²) in [5, 5.41) is 11.9. The lowest BCUT2D eigenvalue weighted by Gasteiger charge is -2.07. The van der Waals surface area contributed by atoms with Crippen LogP contribution in [0.1, 0.15) is 16.8 Å². The summed E-state index contributed by atoms with van der Waals surface area (Å²) in [6.45, 7) is 1.29. The van der Waals surface area contributed by atoms with E-state index in [2.05, 4.69) is 5.32 Å². The van der Waals surface area contributed by atoms with Crippen LogP contribution in [0.15, 0.2) is 24.3 Å². The Balaban J connectivity index is 0.00000196. The van der Waals surface area contributed by atoms with Gasteiger partial charge in [0.1, 0.15) is 0 Å². The molecule has 0 heterocycles. The molecule has 0 aliphatic heterocycles. The number of benzene rings is 1. The van der Waals surface area contributed by atoms with Crippen LogP contribution in [0.4, 0.5) is 5.69 Å². The standard InChI is InChI=1S/C10H14N2O2.ClH/c11-6-3-7-12-9-5-2-1-4-8(9)10(13)14;/h1-2,4-5,12H,3,6-7,11H2,(H,13,14);1H. The summed E-state index contributed by atoms with van der Waals surface area (Å²) in [4.78, 5) is 10.8. The summed E-state index contributed by atoms with van der Waals surface area (Å²) in [5.41, 5.74) is 6.28. The molecule has 1 aromatic rings. The van der Waals surface area contributed by atoms with E-state index >= 15 is 0 Å². The van der Waals surface area contributed by atoms with Gasteiger partial charge in [0.15, 0.2) is 0 Å². The lowest BCUT2D eigenvalue weighted by molar-refractivity contribution is 0.0698. The number of hydrogen-bond acceptors (Lipinski definition) is 3. The maximum Gasteiger partial charge on any atom is 0.337 e. The third kappa shape index (κ3) is 4.18. The van der Waals surface area contributed by atoms with Gasteiger partial charge in [-0.15, -0.1) is 12.4 Å². The molecule has 4 nitrogen and oxygen atoms in total. The molecule has 0 bridgehead atoms. The third-order valence-electron chi connectivity index (χ3n) is 1.85. The number of nitrogens with one attached hydrogen (secondary N) is 1. The van der Waals surface area contributed by atoms with Crippen LogP contribution in [0.5, 0.6) is 0 Å². The van der Waals surface area contributed by atoms with Gasteiger partial charge < -0.3 is 16.2 Å². The van der Waals surface area contributed by atoms with Crippen molar-refractivity contribution in [1.82, 2.24) is 0 Å². The Bertz CT molecular complexity index is 318. The summed E-state index contributed by atoms with van der Waals surface area (Å²) in [6, 6.07) is 6.84. The summed E-state index contributed by atoms with van der Waals surface area (Å²) < 4.78 is 0. The van der Waals surface area contributed by atoms with Crippen molar-refractivity contribution in [3.05, 3.63) is 29.8 Å². The largest absolute Gasteiger partial charge is 0.478 e. The van der Waals surface area contributed by atoms with Gasteiger partial charge in [-0.2, -0.15) is 0 Å². The molecule has 0 unspecified atom stereocenters. The fraction of sp³-hybridized carbons (Fsp3) is 0.300. The van der Waals surface area contributed by atoms with Gasteiger partial charge in [0.05, 0.1) is 5.56 Å². The molecule has 84 valence electrons. The van der Waals surface area contributed by atoms with Crippen LogP contribution in [-0.2, 0) is 0 Å². The molecule has 0 spiro atoms. The Morgan fingerprint density at radius 1 is 1.40 bits per heavy atom. The molecule has 0 radical (unpaired) electrons.